The summed E-state index contributed by atoms with van der Waals surface area (Å²) in [6.45, 7) is 0. The molecule has 0 radical (unpaired) electrons. The number of rotatable bonds is 4. The van der Waals surface area contributed by atoms with Crippen LogP contribution in [0.25, 0.3) is 11.3 Å². The molecule has 0 unspecified atom stereocenters. The molecule has 0 saturated heterocycles. The van der Waals surface area contributed by atoms with Gasteiger partial charge in [-0.2, -0.15) is 4.98 Å². The first kappa shape index (κ1) is 12.9. The molecule has 0 aliphatic carbocycles. The second-order valence-corrected chi connectivity index (χ2v) is 4.07. The summed E-state index contributed by atoms with van der Waals surface area (Å²) in [6, 6.07) is 11.1. The molecule has 2 aromatic heterocycles. The van der Waals surface area contributed by atoms with Crippen LogP contribution in [-0.2, 0) is 0 Å². The smallest absolute Gasteiger partial charge is 0.336 e. The van der Waals surface area contributed by atoms with E-state index in [9.17, 15) is 4.79 Å². The van der Waals surface area contributed by atoms with Gasteiger partial charge in [-0.05, 0) is 0 Å². The van der Waals surface area contributed by atoms with Crippen molar-refractivity contribution in [2.45, 2.75) is 0 Å². The number of nitrogens with zero attached hydrogens (tertiary/aromatic N) is 3. The molecule has 0 saturated carbocycles. The number of amides is 1. The zero-order valence-corrected chi connectivity index (χ0v) is 11.0. The van der Waals surface area contributed by atoms with Gasteiger partial charge in [0.1, 0.15) is 5.69 Å². The van der Waals surface area contributed by atoms with Crippen LogP contribution >= 0.6 is 0 Å². The minimum absolute atomic E-state index is 0.0734. The number of ether oxygens (including phenoxy) is 1. The molecule has 21 heavy (non-hydrogen) atoms. The van der Waals surface area contributed by atoms with Gasteiger partial charge in [0.25, 0.3) is 5.91 Å². The van der Waals surface area contributed by atoms with E-state index < -0.39 is 5.91 Å². The molecule has 1 amide bonds. The molecule has 1 aromatic carbocycles. The molecule has 2 N–H and O–H groups in total. The van der Waals surface area contributed by atoms with E-state index in [-0.39, 0.29) is 17.7 Å². The van der Waals surface area contributed by atoms with E-state index >= 15 is 0 Å². The molecule has 0 aliphatic heterocycles. The average molecular weight is 285 g/mol. The lowest BCUT2D eigenvalue weighted by Gasteiger charge is -1.95. The van der Waals surface area contributed by atoms with Gasteiger partial charge < -0.3 is 9.26 Å². The highest BCUT2D eigenvalue weighted by atomic mass is 16.5. The molecule has 3 rings (SSSR count). The van der Waals surface area contributed by atoms with E-state index in [1.165, 1.54) is 7.11 Å². The molecule has 8 heteroatoms. The fraction of sp³-hybridized carbons (Fsp3) is 0.0769. The summed E-state index contributed by atoms with van der Waals surface area (Å²) in [7, 11) is 1.43. The van der Waals surface area contributed by atoms with Gasteiger partial charge in [-0.15, -0.1) is 5.10 Å². The minimum atomic E-state index is -0.483. The van der Waals surface area contributed by atoms with Crippen LogP contribution in [0.15, 0.2) is 40.9 Å². The van der Waals surface area contributed by atoms with E-state index in [1.54, 1.807) is 6.07 Å². The second kappa shape index (κ2) is 5.45. The highest BCUT2D eigenvalue weighted by molar-refractivity contribution is 6.01. The summed E-state index contributed by atoms with van der Waals surface area (Å²) in [6.07, 6.45) is 0. The van der Waals surface area contributed by atoms with Gasteiger partial charge in [0, 0.05) is 11.6 Å². The van der Waals surface area contributed by atoms with E-state index in [1.807, 2.05) is 30.3 Å². The Hall–Kier alpha value is -3.16. The highest BCUT2D eigenvalue weighted by Gasteiger charge is 2.16. The fourth-order valence-electron chi connectivity index (χ4n) is 1.69. The lowest BCUT2D eigenvalue weighted by Crippen LogP contribution is -2.12. The molecule has 0 atom stereocenters. The van der Waals surface area contributed by atoms with Crippen LogP contribution in [0.3, 0.4) is 0 Å². The zero-order chi connectivity index (χ0) is 14.7. The zero-order valence-electron chi connectivity index (χ0n) is 11.0. The normalized spacial score (nSPS) is 10.3. The highest BCUT2D eigenvalue weighted by Crippen LogP contribution is 2.19. The number of methoxy groups -OCH3 is 1. The maximum absolute atomic E-state index is 12.0. The molecule has 0 bridgehead atoms. The van der Waals surface area contributed by atoms with Crippen LogP contribution in [-0.4, -0.2) is 33.4 Å². The SMILES string of the molecule is COc1n[nH]c(NC(=O)c2cc(-c3ccccc3)no2)n1. The van der Waals surface area contributed by atoms with Crippen molar-refractivity contribution in [1.29, 1.82) is 0 Å². The summed E-state index contributed by atoms with van der Waals surface area (Å²) in [4.78, 5) is 15.9. The van der Waals surface area contributed by atoms with Crippen molar-refractivity contribution in [3.63, 3.8) is 0 Å². The van der Waals surface area contributed by atoms with E-state index in [4.69, 9.17) is 9.26 Å². The third-order valence-electron chi connectivity index (χ3n) is 2.68. The standard InChI is InChI=1S/C13H11N5O3/c1-20-13-15-12(16-17-13)14-11(19)10-7-9(18-21-10)8-5-3-2-4-6-8/h2-7H,1H3,(H2,14,15,16,17,19). The third kappa shape index (κ3) is 2.73. The van der Waals surface area contributed by atoms with Crippen LogP contribution in [0, 0.1) is 0 Å². The minimum Gasteiger partial charge on any atom is -0.466 e. The number of carbonyl (C=O) groups excluding carboxylic acids is 1. The summed E-state index contributed by atoms with van der Waals surface area (Å²) < 4.78 is 9.83. The van der Waals surface area contributed by atoms with Gasteiger partial charge in [-0.3, -0.25) is 10.1 Å². The van der Waals surface area contributed by atoms with Crippen molar-refractivity contribution < 1.29 is 14.1 Å². The number of hydrogen-bond donors (Lipinski definition) is 2. The number of nitrogens with one attached hydrogen (secondary N) is 2. The van der Waals surface area contributed by atoms with Crippen LogP contribution in [0.5, 0.6) is 6.01 Å². The maximum Gasteiger partial charge on any atom is 0.336 e. The van der Waals surface area contributed by atoms with Gasteiger partial charge in [0.15, 0.2) is 0 Å². The summed E-state index contributed by atoms with van der Waals surface area (Å²) in [5.41, 5.74) is 1.44. The number of benzene rings is 1. The van der Waals surface area contributed by atoms with Crippen molar-refractivity contribution in [3.05, 3.63) is 42.2 Å². The number of aromatic nitrogens is 4. The Kier molecular flexibility index (Phi) is 3.34. The molecule has 0 aliphatic rings. The lowest BCUT2D eigenvalue weighted by molar-refractivity contribution is 0.0987. The Balaban J connectivity index is 1.75. The Morgan fingerprint density at radius 1 is 1.33 bits per heavy atom. The summed E-state index contributed by atoms with van der Waals surface area (Å²) in [5, 5.41) is 12.6. The summed E-state index contributed by atoms with van der Waals surface area (Å²) >= 11 is 0. The molecular formula is C13H11N5O3. The number of hydrogen-bond acceptors (Lipinski definition) is 6. The van der Waals surface area contributed by atoms with Crippen molar-refractivity contribution in [2.24, 2.45) is 0 Å². The van der Waals surface area contributed by atoms with Gasteiger partial charge in [-0.25, -0.2) is 5.10 Å². The monoisotopic (exact) mass is 285 g/mol. The lowest BCUT2D eigenvalue weighted by atomic mass is 10.1. The quantitative estimate of drug-likeness (QED) is 0.756. The van der Waals surface area contributed by atoms with Crippen LogP contribution in [0.4, 0.5) is 5.95 Å². The largest absolute Gasteiger partial charge is 0.466 e. The molecule has 0 spiro atoms. The Morgan fingerprint density at radius 3 is 2.86 bits per heavy atom. The van der Waals surface area contributed by atoms with E-state index in [0.29, 0.717) is 5.69 Å². The van der Waals surface area contributed by atoms with Gasteiger partial charge >= 0.3 is 6.01 Å². The van der Waals surface area contributed by atoms with E-state index in [2.05, 4.69) is 25.7 Å². The fourth-order valence-corrected chi connectivity index (χ4v) is 1.69. The number of aromatic amines is 1. The van der Waals surface area contributed by atoms with Crippen LogP contribution < -0.4 is 10.1 Å². The van der Waals surface area contributed by atoms with Crippen molar-refractivity contribution >= 4 is 11.9 Å². The van der Waals surface area contributed by atoms with Crippen molar-refractivity contribution in [1.82, 2.24) is 20.3 Å². The molecule has 0 fully saturated rings. The van der Waals surface area contributed by atoms with Gasteiger partial charge in [0.2, 0.25) is 11.7 Å². The molecule has 3 aromatic rings. The third-order valence-corrected chi connectivity index (χ3v) is 2.68. The first-order valence-corrected chi connectivity index (χ1v) is 6.06. The predicted molar refractivity (Wildman–Crippen MR) is 72.8 cm³/mol. The first-order valence-electron chi connectivity index (χ1n) is 6.06. The summed E-state index contributed by atoms with van der Waals surface area (Å²) in [5.74, 6) is -0.248. The maximum atomic E-state index is 12.0. The molecular weight excluding hydrogens is 274 g/mol. The molecule has 106 valence electrons. The topological polar surface area (TPSA) is 106 Å². The van der Waals surface area contributed by atoms with Crippen molar-refractivity contribution in [3.8, 4) is 17.3 Å². The van der Waals surface area contributed by atoms with E-state index in [0.717, 1.165) is 5.56 Å². The van der Waals surface area contributed by atoms with Crippen LogP contribution in [0.2, 0.25) is 0 Å². The average Bonchev–Trinajstić information content (AvgIpc) is 3.17. The number of H-pyrrole nitrogens is 1. The van der Waals surface area contributed by atoms with Crippen molar-refractivity contribution in [2.75, 3.05) is 12.4 Å². The number of carbonyl (C=O) groups is 1. The first-order chi connectivity index (χ1) is 10.3. The molecule has 2 heterocycles. The van der Waals surface area contributed by atoms with Gasteiger partial charge in [0.05, 0.1) is 7.11 Å². The molecule has 8 nitrogen and oxygen atoms in total. The Bertz CT molecular complexity index is 750. The second-order valence-electron chi connectivity index (χ2n) is 4.07. The van der Waals surface area contributed by atoms with Crippen LogP contribution in [0.1, 0.15) is 10.6 Å². The number of anilines is 1. The Labute approximate surface area is 119 Å². The van der Waals surface area contributed by atoms with Gasteiger partial charge in [-0.1, -0.05) is 35.5 Å². The predicted octanol–water partition coefficient (Wildman–Crippen LogP) is 1.72. The Morgan fingerprint density at radius 2 is 2.14 bits per heavy atom.